The summed E-state index contributed by atoms with van der Waals surface area (Å²) in [4.78, 5) is 68.4. The van der Waals surface area contributed by atoms with Crippen LogP contribution in [0, 0.1) is 71.0 Å². The molecule has 4 aromatic heterocycles. The number of carbonyl (C=O) groups excluding carboxylic acids is 4. The molecule has 0 aromatic carbocycles. The number of hydrogen-bond acceptors (Lipinski definition) is 11. The van der Waals surface area contributed by atoms with Crippen LogP contribution in [0.5, 0.6) is 5.75 Å². The molecule has 9 aliphatic carbocycles. The lowest BCUT2D eigenvalue weighted by molar-refractivity contribution is -0.124. The van der Waals surface area contributed by atoms with Gasteiger partial charge in [-0.3, -0.25) is 19.2 Å². The number of Topliss-reactive ketones (excluding diaryl/α,β-unsaturated/α-hetero) is 4. The molecule has 4 aromatic rings. The minimum absolute atomic E-state index is 0.00265. The van der Waals surface area contributed by atoms with Crippen LogP contribution < -0.4 is 4.74 Å². The largest absolute Gasteiger partial charge is 0.479 e. The summed E-state index contributed by atoms with van der Waals surface area (Å²) >= 11 is 6.73. The van der Waals surface area contributed by atoms with Crippen molar-refractivity contribution in [3.63, 3.8) is 0 Å². The summed E-state index contributed by atoms with van der Waals surface area (Å²) in [6.45, 7) is 0. The second kappa shape index (κ2) is 14.6. The fraction of sp³-hybridized carbons (Fsp3) is 0.654. The topological polar surface area (TPSA) is 102 Å². The maximum absolute atomic E-state index is 14.0. The number of hydrogen-bond donors (Lipinski definition) is 0. The standard InChI is InChI=1S/C52H56N2O5S4/c55-43-32-18-28-14-24-8-2-3-9-25(24)15-29(28)19-33(32)44(56)41(43)53-38-22-36-48(62-38)40-50(60-36)51-47(59-52(40)12-6-1-7-13-52)49-37(61-51)23-39(63-49)54-42-45(57)34-20-30-16-26-10-4-5-11-27(26)17-31(30)21-35(34)46(42)58/h22-35H,1-21H2. The number of carbonyl (C=O) groups is 4. The van der Waals surface area contributed by atoms with Crippen LogP contribution in [0.3, 0.4) is 0 Å². The Kier molecular flexibility index (Phi) is 9.09. The van der Waals surface area contributed by atoms with Gasteiger partial charge in [-0.1, -0.05) is 57.8 Å². The van der Waals surface area contributed by atoms with E-state index in [-0.39, 0.29) is 58.2 Å². The molecule has 0 amide bonds. The van der Waals surface area contributed by atoms with Crippen LogP contribution in [0.25, 0.3) is 28.6 Å². The number of aliphatic imine (C=N–C) groups is 2. The van der Waals surface area contributed by atoms with Gasteiger partial charge in [0.15, 0.2) is 40.3 Å². The highest BCUT2D eigenvalue weighted by molar-refractivity contribution is 7.36. The van der Waals surface area contributed by atoms with E-state index in [1.54, 1.807) is 45.3 Å². The molecule has 0 radical (unpaired) electrons. The molecule has 63 heavy (non-hydrogen) atoms. The maximum Gasteiger partial charge on any atom is 0.188 e. The number of fused-ring (bicyclic) bond motifs is 14. The number of rotatable bonds is 2. The monoisotopic (exact) mass is 916 g/mol. The molecule has 0 saturated heterocycles. The average molecular weight is 917 g/mol. The Balaban J connectivity index is 0.759. The van der Waals surface area contributed by atoms with Crippen molar-refractivity contribution in [2.24, 2.45) is 81.0 Å². The fourth-order valence-electron chi connectivity index (χ4n) is 16.2. The summed E-state index contributed by atoms with van der Waals surface area (Å²) in [6.07, 6.45) is 24.6. The van der Waals surface area contributed by atoms with Gasteiger partial charge in [-0.25, -0.2) is 9.98 Å². The van der Waals surface area contributed by atoms with E-state index >= 15 is 0 Å². The number of ether oxygens (including phenoxy) is 1. The Labute approximate surface area is 385 Å². The summed E-state index contributed by atoms with van der Waals surface area (Å²) in [5, 5.41) is 1.49. The van der Waals surface area contributed by atoms with Crippen LogP contribution in [0.4, 0.5) is 10.0 Å². The minimum atomic E-state index is -0.457. The first kappa shape index (κ1) is 39.3. The van der Waals surface area contributed by atoms with Crippen LogP contribution in [0.15, 0.2) is 22.1 Å². The zero-order chi connectivity index (χ0) is 41.9. The number of ketones is 4. The molecule has 11 heteroatoms. The SMILES string of the molecule is O=C1C(=Nc2cc3sc4c(c3s2)OC2(CCCCC2)c2c-4sc3cc(N=C4C(=O)C5CC6CC7CCCCC7CC6CC5C4=O)sc23)C(=O)C2CC3CC4CCCCC4CC3CC12. The Morgan fingerprint density at radius 3 is 1.33 bits per heavy atom. The molecule has 1 spiro atoms. The molecular weight excluding hydrogens is 861 g/mol. The van der Waals surface area contributed by atoms with E-state index in [9.17, 15) is 19.2 Å². The van der Waals surface area contributed by atoms with Crippen LogP contribution in [0.1, 0.15) is 140 Å². The molecule has 14 rings (SSSR count). The van der Waals surface area contributed by atoms with Crippen molar-refractivity contribution in [3.05, 3.63) is 17.7 Å². The Morgan fingerprint density at radius 2 is 0.873 bits per heavy atom. The minimum Gasteiger partial charge on any atom is -0.479 e. The van der Waals surface area contributed by atoms with Crippen molar-refractivity contribution in [1.29, 1.82) is 0 Å². The van der Waals surface area contributed by atoms with Crippen LogP contribution in [-0.2, 0) is 24.8 Å². The van der Waals surface area contributed by atoms with Crippen molar-refractivity contribution in [2.45, 2.75) is 140 Å². The third-order valence-corrected chi connectivity index (χ3v) is 23.8. The normalized spacial score (nSPS) is 37.8. The molecule has 7 nitrogen and oxygen atoms in total. The molecule has 10 aliphatic rings. The van der Waals surface area contributed by atoms with Gasteiger partial charge in [0.05, 0.1) is 23.9 Å². The molecule has 12 atom stereocenters. The van der Waals surface area contributed by atoms with Crippen molar-refractivity contribution < 1.29 is 23.9 Å². The predicted molar refractivity (Wildman–Crippen MR) is 254 cm³/mol. The molecule has 0 N–H and O–H groups in total. The van der Waals surface area contributed by atoms with Crippen LogP contribution in [0.2, 0.25) is 0 Å². The Bertz CT molecular complexity index is 2620. The zero-order valence-corrected chi connectivity index (χ0v) is 39.3. The first-order valence-corrected chi connectivity index (χ1v) is 28.2. The Hall–Kier alpha value is -2.86. The highest BCUT2D eigenvalue weighted by atomic mass is 32.1. The lowest BCUT2D eigenvalue weighted by atomic mass is 9.57. The number of thiophene rings is 4. The summed E-state index contributed by atoms with van der Waals surface area (Å²) < 4.78 is 11.8. The Morgan fingerprint density at radius 1 is 0.460 bits per heavy atom. The number of nitrogens with zero attached hydrogens (tertiary/aromatic N) is 2. The van der Waals surface area contributed by atoms with Gasteiger partial charge in [0, 0.05) is 33.9 Å². The van der Waals surface area contributed by atoms with E-state index in [0.717, 1.165) is 110 Å². The van der Waals surface area contributed by atoms with E-state index in [1.165, 1.54) is 98.6 Å². The lowest BCUT2D eigenvalue weighted by Gasteiger charge is -2.48. The van der Waals surface area contributed by atoms with E-state index in [2.05, 4.69) is 12.1 Å². The molecule has 9 saturated carbocycles. The third-order valence-electron chi connectivity index (χ3n) is 19.1. The first-order chi connectivity index (χ1) is 30.8. The van der Waals surface area contributed by atoms with E-state index in [0.29, 0.717) is 23.7 Å². The average Bonchev–Trinajstić information content (AvgIpc) is 4.12. The van der Waals surface area contributed by atoms with Crippen LogP contribution in [-0.4, -0.2) is 34.6 Å². The second-order valence-electron chi connectivity index (χ2n) is 22.1. The summed E-state index contributed by atoms with van der Waals surface area (Å²) in [6, 6.07) is 4.21. The summed E-state index contributed by atoms with van der Waals surface area (Å²) in [7, 11) is 0. The van der Waals surface area contributed by atoms with Gasteiger partial charge in [-0.2, -0.15) is 0 Å². The van der Waals surface area contributed by atoms with Crippen molar-refractivity contribution in [1.82, 2.24) is 0 Å². The highest BCUT2D eigenvalue weighted by Gasteiger charge is 2.56. The van der Waals surface area contributed by atoms with Crippen molar-refractivity contribution >= 4 is 109 Å². The van der Waals surface area contributed by atoms with Gasteiger partial charge < -0.3 is 4.74 Å². The zero-order valence-electron chi connectivity index (χ0n) is 36.0. The van der Waals surface area contributed by atoms with E-state index in [4.69, 9.17) is 14.7 Å². The highest BCUT2D eigenvalue weighted by Crippen LogP contribution is 2.64. The molecule has 1 aliphatic heterocycles. The smallest absolute Gasteiger partial charge is 0.188 e. The molecular formula is C52H56N2O5S4. The third kappa shape index (κ3) is 5.95. The molecule has 12 unspecified atom stereocenters. The van der Waals surface area contributed by atoms with Gasteiger partial charge in [-0.05, 0) is 137 Å². The predicted octanol–water partition coefficient (Wildman–Crippen LogP) is 13.6. The van der Waals surface area contributed by atoms with Gasteiger partial charge in [0.1, 0.15) is 15.6 Å². The quantitative estimate of drug-likeness (QED) is 0.199. The maximum atomic E-state index is 14.0. The van der Waals surface area contributed by atoms with Crippen LogP contribution >= 0.6 is 45.3 Å². The molecule has 5 heterocycles. The fourth-order valence-corrected chi connectivity index (χ4v) is 21.4. The van der Waals surface area contributed by atoms with Gasteiger partial charge in [0.25, 0.3) is 0 Å². The molecule has 328 valence electrons. The summed E-state index contributed by atoms with van der Waals surface area (Å²) in [5.74, 6) is 5.84. The van der Waals surface area contributed by atoms with Crippen molar-refractivity contribution in [2.75, 3.05) is 0 Å². The molecule has 0 bridgehead atoms. The first-order valence-electron chi connectivity index (χ1n) is 24.9. The van der Waals surface area contributed by atoms with Gasteiger partial charge in [0.2, 0.25) is 0 Å². The van der Waals surface area contributed by atoms with E-state index in [1.807, 2.05) is 0 Å². The van der Waals surface area contributed by atoms with Gasteiger partial charge >= 0.3 is 0 Å². The van der Waals surface area contributed by atoms with Gasteiger partial charge in [-0.15, -0.1) is 45.3 Å². The summed E-state index contributed by atoms with van der Waals surface area (Å²) in [5.41, 5.74) is 1.22. The lowest BCUT2D eigenvalue weighted by Crippen LogP contribution is -2.41. The van der Waals surface area contributed by atoms with E-state index < -0.39 is 5.60 Å². The second-order valence-corrected chi connectivity index (χ2v) is 26.3. The van der Waals surface area contributed by atoms with Crippen molar-refractivity contribution in [3.8, 4) is 15.5 Å². The molecule has 9 fully saturated rings.